The van der Waals surface area contributed by atoms with Crippen molar-refractivity contribution >= 4 is 11.7 Å². The van der Waals surface area contributed by atoms with Crippen molar-refractivity contribution in [2.45, 2.75) is 19.5 Å². The molecule has 0 aliphatic heterocycles. The first-order valence-electron chi connectivity index (χ1n) is 4.65. The molecule has 0 unspecified atom stereocenters. The van der Waals surface area contributed by atoms with Gasteiger partial charge in [0.05, 0.1) is 5.56 Å². The van der Waals surface area contributed by atoms with Crippen LogP contribution >= 0.6 is 0 Å². The summed E-state index contributed by atoms with van der Waals surface area (Å²) in [5.41, 5.74) is -0.350. The third kappa shape index (κ3) is 3.97. The van der Waals surface area contributed by atoms with Gasteiger partial charge in [0.2, 0.25) is 0 Å². The lowest BCUT2D eigenvalue weighted by Gasteiger charge is -2.15. The van der Waals surface area contributed by atoms with Crippen molar-refractivity contribution in [1.82, 2.24) is 0 Å². The highest BCUT2D eigenvalue weighted by molar-refractivity contribution is 5.87. The number of hydrogen-bond donors (Lipinski definition) is 2. The summed E-state index contributed by atoms with van der Waals surface area (Å²) in [5, 5.41) is 11.5. The zero-order valence-corrected chi connectivity index (χ0v) is 8.75. The fourth-order valence-corrected chi connectivity index (χ4v) is 1.04. The maximum Gasteiger partial charge on any atom is 0.335 e. The zero-order chi connectivity index (χ0) is 11.5. The monoisotopic (exact) mass is 211 g/mol. The summed E-state index contributed by atoms with van der Waals surface area (Å²) in [6, 6.07) is 6.20. The van der Waals surface area contributed by atoms with Crippen LogP contribution in [0.2, 0.25) is 0 Å². The van der Waals surface area contributed by atoms with Gasteiger partial charge >= 0.3 is 5.97 Å². The van der Waals surface area contributed by atoms with Gasteiger partial charge in [-0.2, -0.15) is 0 Å². The molecule has 0 fully saturated rings. The largest absolute Gasteiger partial charge is 0.478 e. The molecule has 0 saturated carbocycles. The van der Waals surface area contributed by atoms with Crippen molar-refractivity contribution in [3.8, 4) is 0 Å². The number of rotatable bonds is 4. The van der Waals surface area contributed by atoms with E-state index in [1.54, 1.807) is 12.1 Å². The summed E-state index contributed by atoms with van der Waals surface area (Å²) in [4.78, 5) is 10.5. The highest BCUT2D eigenvalue weighted by atomic mass is 19.1. The van der Waals surface area contributed by atoms with E-state index in [2.05, 4.69) is 5.32 Å². The van der Waals surface area contributed by atoms with Crippen LogP contribution in [-0.2, 0) is 0 Å². The van der Waals surface area contributed by atoms with Gasteiger partial charge in [0.1, 0.15) is 5.67 Å². The van der Waals surface area contributed by atoms with Crippen LogP contribution in [0, 0.1) is 0 Å². The number of anilines is 1. The summed E-state index contributed by atoms with van der Waals surface area (Å²) in [7, 11) is 0. The van der Waals surface area contributed by atoms with E-state index < -0.39 is 11.6 Å². The Balaban J connectivity index is 2.61. The molecule has 1 aromatic rings. The number of aromatic carboxylic acids is 1. The molecule has 0 amide bonds. The van der Waals surface area contributed by atoms with Crippen LogP contribution in [0.4, 0.5) is 10.1 Å². The average molecular weight is 211 g/mol. The van der Waals surface area contributed by atoms with Crippen molar-refractivity contribution in [3.05, 3.63) is 29.8 Å². The lowest BCUT2D eigenvalue weighted by molar-refractivity contribution is 0.0697. The number of benzene rings is 1. The second-order valence-corrected chi connectivity index (χ2v) is 3.95. The van der Waals surface area contributed by atoms with Gasteiger partial charge in [0, 0.05) is 12.2 Å². The first kappa shape index (κ1) is 11.5. The fourth-order valence-electron chi connectivity index (χ4n) is 1.04. The Hall–Kier alpha value is -1.58. The normalized spacial score (nSPS) is 11.1. The molecule has 0 heterocycles. The molecule has 82 valence electrons. The first-order valence-corrected chi connectivity index (χ1v) is 4.65. The summed E-state index contributed by atoms with van der Waals surface area (Å²) < 4.78 is 13.1. The van der Waals surface area contributed by atoms with Crippen LogP contribution < -0.4 is 5.32 Å². The SMILES string of the molecule is CC(C)(F)CNc1ccc(C(=O)O)cc1. The van der Waals surface area contributed by atoms with Gasteiger partial charge in [-0.25, -0.2) is 9.18 Å². The van der Waals surface area contributed by atoms with Crippen molar-refractivity contribution in [2.24, 2.45) is 0 Å². The van der Waals surface area contributed by atoms with E-state index in [1.165, 1.54) is 26.0 Å². The van der Waals surface area contributed by atoms with E-state index >= 15 is 0 Å². The predicted molar refractivity (Wildman–Crippen MR) is 57.1 cm³/mol. The quantitative estimate of drug-likeness (QED) is 0.804. The van der Waals surface area contributed by atoms with Gasteiger partial charge in [0.25, 0.3) is 0 Å². The number of halogens is 1. The van der Waals surface area contributed by atoms with Gasteiger partial charge in [-0.05, 0) is 38.1 Å². The van der Waals surface area contributed by atoms with Crippen LogP contribution in [0.25, 0.3) is 0 Å². The maximum atomic E-state index is 13.1. The lowest BCUT2D eigenvalue weighted by atomic mass is 10.1. The topological polar surface area (TPSA) is 49.3 Å². The van der Waals surface area contributed by atoms with E-state index in [1.807, 2.05) is 0 Å². The Kier molecular flexibility index (Phi) is 3.29. The van der Waals surface area contributed by atoms with Crippen molar-refractivity contribution < 1.29 is 14.3 Å². The minimum Gasteiger partial charge on any atom is -0.478 e. The second-order valence-electron chi connectivity index (χ2n) is 3.95. The lowest BCUT2D eigenvalue weighted by Crippen LogP contribution is -2.24. The van der Waals surface area contributed by atoms with E-state index in [4.69, 9.17) is 5.11 Å². The predicted octanol–water partition coefficient (Wildman–Crippen LogP) is 2.54. The smallest absolute Gasteiger partial charge is 0.335 e. The number of carboxylic acids is 1. The van der Waals surface area contributed by atoms with Crippen molar-refractivity contribution in [3.63, 3.8) is 0 Å². The van der Waals surface area contributed by atoms with Gasteiger partial charge in [-0.1, -0.05) is 0 Å². The molecule has 0 aromatic heterocycles. The molecule has 4 heteroatoms. The number of carbonyl (C=O) groups is 1. The Bertz CT molecular complexity index is 341. The Labute approximate surface area is 87.9 Å². The standard InChI is InChI=1S/C11H14FNO2/c1-11(2,12)7-13-9-5-3-8(4-6-9)10(14)15/h3-6,13H,7H2,1-2H3,(H,14,15). The number of alkyl halides is 1. The first-order chi connectivity index (χ1) is 6.88. The van der Waals surface area contributed by atoms with Gasteiger partial charge in [-0.3, -0.25) is 0 Å². The van der Waals surface area contributed by atoms with Gasteiger partial charge in [-0.15, -0.1) is 0 Å². The van der Waals surface area contributed by atoms with Crippen LogP contribution in [0.3, 0.4) is 0 Å². The Morgan fingerprint density at radius 1 is 1.40 bits per heavy atom. The molecule has 0 aliphatic rings. The highest BCUT2D eigenvalue weighted by Gasteiger charge is 2.14. The van der Waals surface area contributed by atoms with Gasteiger partial charge in [0.15, 0.2) is 0 Å². The third-order valence-corrected chi connectivity index (χ3v) is 1.84. The Morgan fingerprint density at radius 2 is 1.93 bits per heavy atom. The van der Waals surface area contributed by atoms with Crippen LogP contribution in [-0.4, -0.2) is 23.3 Å². The number of carboxylic acid groups (broad SMARTS) is 1. The molecule has 1 aromatic carbocycles. The molecule has 2 N–H and O–H groups in total. The minimum atomic E-state index is -1.29. The van der Waals surface area contributed by atoms with E-state index in [0.29, 0.717) is 5.69 Å². The van der Waals surface area contributed by atoms with Crippen LogP contribution in [0.1, 0.15) is 24.2 Å². The summed E-state index contributed by atoms with van der Waals surface area (Å²) in [6.07, 6.45) is 0. The molecule has 15 heavy (non-hydrogen) atoms. The molecular weight excluding hydrogens is 197 g/mol. The molecule has 0 atom stereocenters. The van der Waals surface area contributed by atoms with E-state index in [9.17, 15) is 9.18 Å². The second kappa shape index (κ2) is 4.29. The maximum absolute atomic E-state index is 13.1. The summed E-state index contributed by atoms with van der Waals surface area (Å²) in [5.74, 6) is -0.965. The highest BCUT2D eigenvalue weighted by Crippen LogP contribution is 2.13. The van der Waals surface area contributed by atoms with Gasteiger partial charge < -0.3 is 10.4 Å². The van der Waals surface area contributed by atoms with Crippen LogP contribution in [0.15, 0.2) is 24.3 Å². The molecule has 0 radical (unpaired) electrons. The molecule has 3 nitrogen and oxygen atoms in total. The molecule has 0 spiro atoms. The fraction of sp³-hybridized carbons (Fsp3) is 0.364. The average Bonchev–Trinajstić information content (AvgIpc) is 2.14. The third-order valence-electron chi connectivity index (χ3n) is 1.84. The molecule has 0 saturated heterocycles. The van der Waals surface area contributed by atoms with Crippen LogP contribution in [0.5, 0.6) is 0 Å². The molecule has 0 aliphatic carbocycles. The Morgan fingerprint density at radius 3 is 2.33 bits per heavy atom. The summed E-state index contributed by atoms with van der Waals surface area (Å²) >= 11 is 0. The minimum absolute atomic E-state index is 0.194. The zero-order valence-electron chi connectivity index (χ0n) is 8.75. The van der Waals surface area contributed by atoms with E-state index in [0.717, 1.165) is 0 Å². The number of nitrogens with one attached hydrogen (secondary N) is 1. The molecular formula is C11H14FNO2. The van der Waals surface area contributed by atoms with E-state index in [-0.39, 0.29) is 12.1 Å². The molecule has 0 bridgehead atoms. The summed E-state index contributed by atoms with van der Waals surface area (Å²) in [6.45, 7) is 3.15. The van der Waals surface area contributed by atoms with Crippen molar-refractivity contribution in [2.75, 3.05) is 11.9 Å². The number of hydrogen-bond acceptors (Lipinski definition) is 2. The van der Waals surface area contributed by atoms with Crippen molar-refractivity contribution in [1.29, 1.82) is 0 Å². The molecule has 1 rings (SSSR count).